The Hall–Kier alpha value is -3.43. The number of nitrogens with zero attached hydrogens (tertiary/aromatic N) is 1. The maximum absolute atomic E-state index is 12.9. The van der Waals surface area contributed by atoms with Crippen LogP contribution in [-0.2, 0) is 19.4 Å². The molecule has 1 atom stereocenters. The largest absolute Gasteiger partial charge is 0.493 e. The lowest BCUT2D eigenvalue weighted by molar-refractivity contribution is 0.0950. The lowest BCUT2D eigenvalue weighted by atomic mass is 9.98. The number of aryl methyl sites for hydroxylation is 1. The smallest absolute Gasteiger partial charge is 0.257 e. The zero-order chi connectivity index (χ0) is 25.5. The molecule has 8 nitrogen and oxygen atoms in total. The average molecular weight is 509 g/mol. The Bertz CT molecular complexity index is 1230. The molecule has 9 heteroatoms. The minimum atomic E-state index is -0.245. The van der Waals surface area contributed by atoms with Gasteiger partial charge in [0.2, 0.25) is 0 Å². The fraction of sp³-hybridized carbons (Fsp3) is 0.370. The normalized spacial score (nSPS) is 14.6. The van der Waals surface area contributed by atoms with Crippen molar-refractivity contribution in [3.05, 3.63) is 69.7 Å². The van der Waals surface area contributed by atoms with Crippen LogP contribution in [0, 0.1) is 0 Å². The summed E-state index contributed by atoms with van der Waals surface area (Å²) in [6, 6.07) is 12.7. The summed E-state index contributed by atoms with van der Waals surface area (Å²) in [5, 5.41) is 10.1. The molecule has 2 aromatic carbocycles. The minimum absolute atomic E-state index is 0.213. The lowest BCUT2D eigenvalue weighted by Gasteiger charge is -2.21. The molecular weight excluding hydrogens is 476 g/mol. The van der Waals surface area contributed by atoms with Crippen molar-refractivity contribution in [2.24, 2.45) is 0 Å². The number of hydrogen-bond acceptors (Lipinski definition) is 7. The first-order valence-corrected chi connectivity index (χ1v) is 12.9. The second-order valence-electron chi connectivity index (χ2n) is 8.69. The summed E-state index contributed by atoms with van der Waals surface area (Å²) in [4.78, 5) is 31.4. The second kappa shape index (κ2) is 12.0. The molecule has 0 saturated heterocycles. The topological polar surface area (TPSA) is 102 Å². The number of amides is 2. The van der Waals surface area contributed by atoms with E-state index < -0.39 is 0 Å². The summed E-state index contributed by atoms with van der Waals surface area (Å²) in [7, 11) is 3.07. The van der Waals surface area contributed by atoms with Gasteiger partial charge in [-0.3, -0.25) is 14.9 Å². The lowest BCUT2D eigenvalue weighted by Crippen LogP contribution is -2.34. The number of hydrogen-bond donors (Lipinski definition) is 3. The van der Waals surface area contributed by atoms with Crippen LogP contribution in [0.4, 0.5) is 5.13 Å². The summed E-state index contributed by atoms with van der Waals surface area (Å²) in [5.74, 6) is 0.586. The quantitative estimate of drug-likeness (QED) is 0.379. The maximum Gasteiger partial charge on any atom is 0.257 e. The van der Waals surface area contributed by atoms with Crippen LogP contribution in [0.25, 0.3) is 0 Å². The van der Waals surface area contributed by atoms with Crippen molar-refractivity contribution in [3.8, 4) is 11.5 Å². The van der Waals surface area contributed by atoms with E-state index in [9.17, 15) is 9.59 Å². The Labute approximate surface area is 215 Å². The number of methoxy groups -OCH3 is 2. The molecule has 1 aromatic heterocycles. The zero-order valence-electron chi connectivity index (χ0n) is 20.8. The molecule has 0 aliphatic heterocycles. The third kappa shape index (κ3) is 6.22. The molecule has 0 fully saturated rings. The van der Waals surface area contributed by atoms with Crippen LogP contribution in [-0.4, -0.2) is 43.6 Å². The van der Waals surface area contributed by atoms with Crippen molar-refractivity contribution in [2.75, 3.05) is 26.1 Å². The van der Waals surface area contributed by atoms with Crippen LogP contribution < -0.4 is 25.4 Å². The van der Waals surface area contributed by atoms with Gasteiger partial charge in [-0.1, -0.05) is 19.1 Å². The van der Waals surface area contributed by atoms with Crippen molar-refractivity contribution < 1.29 is 19.1 Å². The fourth-order valence-corrected chi connectivity index (χ4v) is 5.29. The van der Waals surface area contributed by atoms with Crippen LogP contribution >= 0.6 is 11.3 Å². The van der Waals surface area contributed by atoms with E-state index in [4.69, 9.17) is 9.47 Å². The first-order chi connectivity index (χ1) is 17.5. The number of carbonyl (C=O) groups is 2. The maximum atomic E-state index is 12.9. The van der Waals surface area contributed by atoms with Crippen molar-refractivity contribution in [2.45, 2.75) is 45.2 Å². The minimum Gasteiger partial charge on any atom is -0.493 e. The monoisotopic (exact) mass is 508 g/mol. The summed E-state index contributed by atoms with van der Waals surface area (Å²) in [6.45, 7) is 3.47. The number of ether oxygens (including phenoxy) is 2. The van der Waals surface area contributed by atoms with Crippen LogP contribution in [0.15, 0.2) is 42.5 Å². The number of anilines is 1. The van der Waals surface area contributed by atoms with Gasteiger partial charge in [0.15, 0.2) is 16.6 Å². The Balaban J connectivity index is 1.35. The number of nitrogens with one attached hydrogen (secondary N) is 3. The van der Waals surface area contributed by atoms with Gasteiger partial charge < -0.3 is 20.1 Å². The predicted molar refractivity (Wildman–Crippen MR) is 141 cm³/mol. The van der Waals surface area contributed by atoms with E-state index in [1.165, 1.54) is 12.0 Å². The molecule has 1 unspecified atom stereocenters. The van der Waals surface area contributed by atoms with Gasteiger partial charge in [0.05, 0.1) is 19.9 Å². The van der Waals surface area contributed by atoms with E-state index in [1.807, 2.05) is 12.1 Å². The molecule has 3 N–H and O–H groups in total. The van der Waals surface area contributed by atoms with E-state index in [1.54, 1.807) is 48.8 Å². The molecule has 3 aromatic rings. The van der Waals surface area contributed by atoms with Gasteiger partial charge in [0, 0.05) is 28.6 Å². The average Bonchev–Trinajstić information content (AvgIpc) is 3.31. The molecule has 2 amide bonds. The Morgan fingerprint density at radius 1 is 1.06 bits per heavy atom. The number of carbonyl (C=O) groups excluding carboxylic acids is 2. The van der Waals surface area contributed by atoms with Crippen LogP contribution in [0.5, 0.6) is 11.5 Å². The first kappa shape index (κ1) is 25.7. The highest BCUT2D eigenvalue weighted by molar-refractivity contribution is 7.15. The van der Waals surface area contributed by atoms with Crippen molar-refractivity contribution in [3.63, 3.8) is 0 Å². The number of aromatic nitrogens is 1. The number of thiazole rings is 1. The zero-order valence-corrected chi connectivity index (χ0v) is 21.7. The molecular formula is C27H32N4O4S. The highest BCUT2D eigenvalue weighted by Gasteiger charge is 2.23. The molecule has 4 rings (SSSR count). The molecule has 0 radical (unpaired) electrons. The SMILES string of the molecule is CCCNC1CCc2nc(NC(=O)c3cccc(CNC(=O)c4ccc(OC)c(OC)c4)c3)sc2C1. The first-order valence-electron chi connectivity index (χ1n) is 12.1. The van der Waals surface area contributed by atoms with E-state index in [-0.39, 0.29) is 18.4 Å². The van der Waals surface area contributed by atoms with Gasteiger partial charge in [0.1, 0.15) is 0 Å². The Morgan fingerprint density at radius 2 is 1.86 bits per heavy atom. The molecule has 0 spiro atoms. The summed E-state index contributed by atoms with van der Waals surface area (Å²) < 4.78 is 10.5. The molecule has 190 valence electrons. The number of benzene rings is 2. The highest BCUT2D eigenvalue weighted by atomic mass is 32.1. The standard InChI is InChI=1S/C27H32N4O4S/c1-4-12-28-20-9-10-21-24(15-20)36-27(30-21)31-26(33)18-7-5-6-17(13-18)16-29-25(32)19-8-11-22(34-2)23(14-19)35-3/h5-8,11,13-14,20,28H,4,9-10,12,15-16H2,1-3H3,(H,29,32)(H,30,31,33). The number of fused-ring (bicyclic) bond motifs is 1. The van der Waals surface area contributed by atoms with Gasteiger partial charge >= 0.3 is 0 Å². The van der Waals surface area contributed by atoms with Gasteiger partial charge in [-0.05, 0) is 68.1 Å². The molecule has 1 heterocycles. The Kier molecular flexibility index (Phi) is 8.56. The van der Waals surface area contributed by atoms with E-state index in [0.29, 0.717) is 33.8 Å². The van der Waals surface area contributed by atoms with E-state index >= 15 is 0 Å². The summed E-state index contributed by atoms with van der Waals surface area (Å²) in [5.41, 5.74) is 2.89. The highest BCUT2D eigenvalue weighted by Crippen LogP contribution is 2.30. The van der Waals surface area contributed by atoms with Gasteiger partial charge in [0.25, 0.3) is 11.8 Å². The predicted octanol–water partition coefficient (Wildman–Crippen LogP) is 4.20. The van der Waals surface area contributed by atoms with Crippen molar-refractivity contribution in [1.82, 2.24) is 15.6 Å². The second-order valence-corrected chi connectivity index (χ2v) is 9.77. The van der Waals surface area contributed by atoms with E-state index in [0.717, 1.165) is 43.5 Å². The molecule has 1 aliphatic carbocycles. The number of rotatable bonds is 10. The summed E-state index contributed by atoms with van der Waals surface area (Å²) >= 11 is 1.56. The third-order valence-corrected chi connectivity index (χ3v) is 7.17. The van der Waals surface area contributed by atoms with Crippen LogP contribution in [0.3, 0.4) is 0 Å². The molecule has 0 bridgehead atoms. The van der Waals surface area contributed by atoms with Gasteiger partial charge in [-0.15, -0.1) is 11.3 Å². The Morgan fingerprint density at radius 3 is 2.64 bits per heavy atom. The van der Waals surface area contributed by atoms with Crippen LogP contribution in [0.1, 0.15) is 56.6 Å². The van der Waals surface area contributed by atoms with Crippen molar-refractivity contribution in [1.29, 1.82) is 0 Å². The van der Waals surface area contributed by atoms with Gasteiger partial charge in [-0.25, -0.2) is 4.98 Å². The molecule has 36 heavy (non-hydrogen) atoms. The van der Waals surface area contributed by atoms with Gasteiger partial charge in [-0.2, -0.15) is 0 Å². The fourth-order valence-electron chi connectivity index (χ4n) is 4.20. The van der Waals surface area contributed by atoms with Crippen LogP contribution in [0.2, 0.25) is 0 Å². The van der Waals surface area contributed by atoms with Crippen molar-refractivity contribution >= 4 is 28.3 Å². The molecule has 1 aliphatic rings. The van der Waals surface area contributed by atoms with E-state index in [2.05, 4.69) is 27.9 Å². The summed E-state index contributed by atoms with van der Waals surface area (Å²) in [6.07, 6.45) is 4.07. The molecule has 0 saturated carbocycles. The third-order valence-electron chi connectivity index (χ3n) is 6.13.